The number of hydrazine groups is 1. The van der Waals surface area contributed by atoms with Crippen molar-refractivity contribution >= 4 is 11.6 Å². The number of anilines is 2. The second kappa shape index (κ2) is 5.71. The molecule has 4 N–H and O–H groups in total. The number of hydrogen-bond donors (Lipinski definition) is 3. The first-order valence-electron chi connectivity index (χ1n) is 6.25. The molecule has 0 aliphatic carbocycles. The van der Waals surface area contributed by atoms with E-state index in [9.17, 15) is 0 Å². The number of nitrogens with one attached hydrogen (secondary N) is 2. The summed E-state index contributed by atoms with van der Waals surface area (Å²) in [5, 5.41) is 3.27. The molecule has 0 aliphatic rings. The highest BCUT2D eigenvalue weighted by Gasteiger charge is 2.12. The number of nitrogens with zero attached hydrogens (tertiary/aromatic N) is 2. The topological polar surface area (TPSA) is 89.0 Å². The van der Waals surface area contributed by atoms with E-state index in [2.05, 4.69) is 20.7 Å². The molecule has 0 amide bonds. The molecule has 2 aromatic rings. The van der Waals surface area contributed by atoms with Crippen LogP contribution in [0.2, 0.25) is 0 Å². The quantitative estimate of drug-likeness (QED) is 0.566. The number of rotatable bonds is 5. The maximum absolute atomic E-state index is 5.43. The average Bonchev–Trinajstić information content (AvgIpc) is 2.92. The minimum Gasteiger partial charge on any atom is -0.467 e. The van der Waals surface area contributed by atoms with Crippen LogP contribution in [0.4, 0.5) is 11.6 Å². The number of aromatic nitrogens is 2. The second-order valence-corrected chi connectivity index (χ2v) is 4.68. The number of nitrogen functional groups attached to an aromatic ring is 1. The van der Waals surface area contributed by atoms with Crippen molar-refractivity contribution in [3.63, 3.8) is 0 Å². The summed E-state index contributed by atoms with van der Waals surface area (Å²) in [4.78, 5) is 8.78. The Hall–Kier alpha value is -2.08. The molecule has 0 saturated heterocycles. The van der Waals surface area contributed by atoms with E-state index in [0.29, 0.717) is 5.82 Å². The van der Waals surface area contributed by atoms with Gasteiger partial charge in [0.15, 0.2) is 0 Å². The van der Waals surface area contributed by atoms with Crippen molar-refractivity contribution in [1.29, 1.82) is 0 Å². The van der Waals surface area contributed by atoms with E-state index >= 15 is 0 Å². The van der Waals surface area contributed by atoms with Gasteiger partial charge in [0.2, 0.25) is 0 Å². The average molecular weight is 261 g/mol. The van der Waals surface area contributed by atoms with Gasteiger partial charge in [-0.25, -0.2) is 15.8 Å². The van der Waals surface area contributed by atoms with Gasteiger partial charge in [-0.2, -0.15) is 0 Å². The largest absolute Gasteiger partial charge is 0.467 e. The molecule has 6 nitrogen and oxygen atoms in total. The molecule has 1 atom stereocenters. The minimum absolute atomic E-state index is 0.0236. The van der Waals surface area contributed by atoms with E-state index in [1.165, 1.54) is 0 Å². The predicted octanol–water partition coefficient (Wildman–Crippen LogP) is 2.65. The third-order valence-electron chi connectivity index (χ3n) is 2.74. The third kappa shape index (κ3) is 3.23. The third-order valence-corrected chi connectivity index (χ3v) is 2.74. The van der Waals surface area contributed by atoms with Gasteiger partial charge in [0.05, 0.1) is 12.3 Å². The summed E-state index contributed by atoms with van der Waals surface area (Å²) >= 11 is 0. The Morgan fingerprint density at radius 1 is 1.21 bits per heavy atom. The van der Waals surface area contributed by atoms with E-state index in [1.807, 2.05) is 32.9 Å². The first-order chi connectivity index (χ1) is 9.10. The van der Waals surface area contributed by atoms with Crippen molar-refractivity contribution in [2.45, 2.75) is 32.7 Å². The van der Waals surface area contributed by atoms with Gasteiger partial charge in [-0.05, 0) is 19.1 Å². The fraction of sp³-hybridized carbons (Fsp3) is 0.385. The van der Waals surface area contributed by atoms with Crippen LogP contribution in [0.3, 0.4) is 0 Å². The molecule has 19 heavy (non-hydrogen) atoms. The van der Waals surface area contributed by atoms with Gasteiger partial charge in [0, 0.05) is 12.0 Å². The van der Waals surface area contributed by atoms with Gasteiger partial charge in [-0.1, -0.05) is 13.8 Å². The lowest BCUT2D eigenvalue weighted by Crippen LogP contribution is -2.14. The monoisotopic (exact) mass is 261 g/mol. The van der Waals surface area contributed by atoms with E-state index < -0.39 is 0 Å². The lowest BCUT2D eigenvalue weighted by Gasteiger charge is -2.15. The lowest BCUT2D eigenvalue weighted by atomic mass is 10.2. The van der Waals surface area contributed by atoms with Crippen LogP contribution in [-0.2, 0) is 0 Å². The molecule has 102 valence electrons. The van der Waals surface area contributed by atoms with Crippen molar-refractivity contribution in [3.8, 4) is 0 Å². The molecule has 2 rings (SSSR count). The lowest BCUT2D eigenvalue weighted by molar-refractivity contribution is 0.490. The van der Waals surface area contributed by atoms with Crippen LogP contribution in [0.5, 0.6) is 0 Å². The zero-order chi connectivity index (χ0) is 13.8. The minimum atomic E-state index is 0.0236. The smallest absolute Gasteiger partial charge is 0.145 e. The summed E-state index contributed by atoms with van der Waals surface area (Å²) < 4.78 is 5.36. The zero-order valence-corrected chi connectivity index (χ0v) is 11.3. The fourth-order valence-corrected chi connectivity index (χ4v) is 1.70. The van der Waals surface area contributed by atoms with E-state index in [1.54, 1.807) is 12.3 Å². The highest BCUT2D eigenvalue weighted by Crippen LogP contribution is 2.21. The number of nitrogens with two attached hydrogens (primary N) is 1. The zero-order valence-electron chi connectivity index (χ0n) is 11.3. The first-order valence-corrected chi connectivity index (χ1v) is 6.25. The van der Waals surface area contributed by atoms with Gasteiger partial charge in [-0.15, -0.1) is 0 Å². The van der Waals surface area contributed by atoms with Crippen LogP contribution in [-0.4, -0.2) is 9.97 Å². The van der Waals surface area contributed by atoms with Gasteiger partial charge in [0.1, 0.15) is 23.2 Å². The Kier molecular flexibility index (Phi) is 4.01. The molecule has 0 aromatic carbocycles. The number of hydrogen-bond acceptors (Lipinski definition) is 6. The highest BCUT2D eigenvalue weighted by atomic mass is 16.3. The van der Waals surface area contributed by atoms with Gasteiger partial charge in [-0.3, -0.25) is 0 Å². The Labute approximate surface area is 112 Å². The van der Waals surface area contributed by atoms with Crippen LogP contribution in [0.15, 0.2) is 28.9 Å². The van der Waals surface area contributed by atoms with Crippen LogP contribution < -0.4 is 16.6 Å². The Morgan fingerprint density at radius 3 is 2.53 bits per heavy atom. The SMILES string of the molecule is CC(C)c1nc(NN)cc(NC(C)c2ccco2)n1. The van der Waals surface area contributed by atoms with Gasteiger partial charge < -0.3 is 15.2 Å². The van der Waals surface area contributed by atoms with Crippen LogP contribution in [0, 0.1) is 0 Å². The Balaban J connectivity index is 2.21. The fourth-order valence-electron chi connectivity index (χ4n) is 1.70. The predicted molar refractivity (Wildman–Crippen MR) is 74.7 cm³/mol. The molecular formula is C13H19N5O. The maximum atomic E-state index is 5.43. The standard InChI is InChI=1S/C13H19N5O/c1-8(2)13-16-11(7-12(17-13)18-14)15-9(3)10-5-4-6-19-10/h4-9H,14H2,1-3H3,(H2,15,16,17,18). The van der Waals surface area contributed by atoms with E-state index in [4.69, 9.17) is 10.3 Å². The summed E-state index contributed by atoms with van der Waals surface area (Å²) in [7, 11) is 0. The molecule has 0 spiro atoms. The maximum Gasteiger partial charge on any atom is 0.145 e. The highest BCUT2D eigenvalue weighted by molar-refractivity contribution is 5.48. The molecule has 2 heterocycles. The molecule has 0 bridgehead atoms. The molecule has 6 heteroatoms. The summed E-state index contributed by atoms with van der Waals surface area (Å²) in [6.07, 6.45) is 1.65. The van der Waals surface area contributed by atoms with Crippen LogP contribution in [0.1, 0.15) is 44.3 Å². The van der Waals surface area contributed by atoms with Crippen LogP contribution in [0.25, 0.3) is 0 Å². The Bertz CT molecular complexity index is 524. The van der Waals surface area contributed by atoms with E-state index in [-0.39, 0.29) is 12.0 Å². The van der Waals surface area contributed by atoms with Crippen molar-refractivity contribution in [3.05, 3.63) is 36.0 Å². The Morgan fingerprint density at radius 2 is 1.95 bits per heavy atom. The molecule has 2 aromatic heterocycles. The van der Waals surface area contributed by atoms with Crippen molar-refractivity contribution in [2.24, 2.45) is 5.84 Å². The summed E-state index contributed by atoms with van der Waals surface area (Å²) in [5.74, 6) is 8.56. The molecule has 0 fully saturated rings. The van der Waals surface area contributed by atoms with E-state index in [0.717, 1.165) is 17.4 Å². The summed E-state index contributed by atoms with van der Waals surface area (Å²) in [6.45, 7) is 6.08. The van der Waals surface area contributed by atoms with Crippen molar-refractivity contribution in [1.82, 2.24) is 9.97 Å². The number of furan rings is 1. The van der Waals surface area contributed by atoms with Gasteiger partial charge in [0.25, 0.3) is 0 Å². The molecule has 0 aliphatic heterocycles. The molecule has 0 radical (unpaired) electrons. The summed E-state index contributed by atoms with van der Waals surface area (Å²) in [6, 6.07) is 5.57. The molecule has 1 unspecified atom stereocenters. The first kappa shape index (κ1) is 13.4. The van der Waals surface area contributed by atoms with Crippen molar-refractivity contribution in [2.75, 3.05) is 10.7 Å². The van der Waals surface area contributed by atoms with Crippen LogP contribution >= 0.6 is 0 Å². The van der Waals surface area contributed by atoms with Gasteiger partial charge >= 0.3 is 0 Å². The normalized spacial score (nSPS) is 12.5. The molecular weight excluding hydrogens is 242 g/mol. The van der Waals surface area contributed by atoms with Crippen molar-refractivity contribution < 1.29 is 4.42 Å². The second-order valence-electron chi connectivity index (χ2n) is 4.68. The molecule has 0 saturated carbocycles. The summed E-state index contributed by atoms with van der Waals surface area (Å²) in [5.41, 5.74) is 2.56.